The van der Waals surface area contributed by atoms with Gasteiger partial charge in [0.25, 0.3) is 5.91 Å². The van der Waals surface area contributed by atoms with E-state index < -0.39 is 5.60 Å². The number of nitrogens with one attached hydrogen (secondary N) is 1. The Hall–Kier alpha value is -1.00. The van der Waals surface area contributed by atoms with Crippen LogP contribution < -0.4 is 5.32 Å². The van der Waals surface area contributed by atoms with Gasteiger partial charge in [-0.15, -0.1) is 0 Å². The van der Waals surface area contributed by atoms with Gasteiger partial charge >= 0.3 is 0 Å². The van der Waals surface area contributed by atoms with Gasteiger partial charge in [0.15, 0.2) is 0 Å². The molecular formula is C15H23ClN2O2. The average Bonchev–Trinajstić information content (AvgIpc) is 2.79. The third kappa shape index (κ3) is 3.76. The largest absolute Gasteiger partial charge is 0.388 e. The third-order valence-corrected chi connectivity index (χ3v) is 4.13. The van der Waals surface area contributed by atoms with Crippen LogP contribution >= 0.6 is 11.6 Å². The van der Waals surface area contributed by atoms with Crippen LogP contribution in [-0.4, -0.2) is 27.7 Å². The summed E-state index contributed by atoms with van der Waals surface area (Å²) in [7, 11) is 0. The molecule has 1 aliphatic carbocycles. The SMILES string of the molecule is CCCn1cc(Cl)cc1C(=O)NCC1(O)CCCCC1. The van der Waals surface area contributed by atoms with Crippen molar-refractivity contribution >= 4 is 17.5 Å². The van der Waals surface area contributed by atoms with Gasteiger partial charge in [-0.3, -0.25) is 4.79 Å². The van der Waals surface area contributed by atoms with E-state index in [-0.39, 0.29) is 5.91 Å². The molecule has 0 aliphatic heterocycles. The molecule has 0 spiro atoms. The van der Waals surface area contributed by atoms with E-state index in [1.165, 1.54) is 6.42 Å². The second-order valence-electron chi connectivity index (χ2n) is 5.70. The minimum atomic E-state index is -0.736. The van der Waals surface area contributed by atoms with E-state index in [9.17, 15) is 9.90 Å². The minimum absolute atomic E-state index is 0.163. The summed E-state index contributed by atoms with van der Waals surface area (Å²) < 4.78 is 1.86. The normalized spacial score (nSPS) is 17.9. The molecule has 1 fully saturated rings. The highest BCUT2D eigenvalue weighted by Crippen LogP contribution is 2.27. The Kier molecular flexibility index (Phi) is 5.11. The van der Waals surface area contributed by atoms with Crippen molar-refractivity contribution in [2.75, 3.05) is 6.54 Å². The molecule has 1 heterocycles. The lowest BCUT2D eigenvalue weighted by Gasteiger charge is -2.32. The van der Waals surface area contributed by atoms with Crippen molar-refractivity contribution in [3.05, 3.63) is 23.0 Å². The summed E-state index contributed by atoms with van der Waals surface area (Å²) in [5.74, 6) is -0.163. The van der Waals surface area contributed by atoms with Gasteiger partial charge in [0, 0.05) is 19.3 Å². The lowest BCUT2D eigenvalue weighted by Crippen LogP contribution is -2.44. The smallest absolute Gasteiger partial charge is 0.268 e. The molecule has 0 aromatic carbocycles. The molecule has 112 valence electrons. The van der Waals surface area contributed by atoms with Gasteiger partial charge < -0.3 is 15.0 Å². The van der Waals surface area contributed by atoms with Gasteiger partial charge in [-0.25, -0.2) is 0 Å². The van der Waals surface area contributed by atoms with E-state index in [1.54, 1.807) is 12.3 Å². The van der Waals surface area contributed by atoms with E-state index in [1.807, 2.05) is 4.57 Å². The van der Waals surface area contributed by atoms with E-state index in [0.29, 0.717) is 17.3 Å². The van der Waals surface area contributed by atoms with Crippen LogP contribution in [0.25, 0.3) is 0 Å². The summed E-state index contributed by atoms with van der Waals surface area (Å²) >= 11 is 5.97. The van der Waals surface area contributed by atoms with Crippen molar-refractivity contribution in [3.8, 4) is 0 Å². The third-order valence-electron chi connectivity index (χ3n) is 3.92. The van der Waals surface area contributed by atoms with Crippen LogP contribution in [0.5, 0.6) is 0 Å². The van der Waals surface area contributed by atoms with Crippen LogP contribution in [0.15, 0.2) is 12.3 Å². The van der Waals surface area contributed by atoms with Gasteiger partial charge in [0.1, 0.15) is 5.69 Å². The molecule has 2 rings (SSSR count). The fraction of sp³-hybridized carbons (Fsp3) is 0.667. The Morgan fingerprint density at radius 2 is 2.15 bits per heavy atom. The number of hydrogen-bond donors (Lipinski definition) is 2. The first-order valence-electron chi connectivity index (χ1n) is 7.40. The number of rotatable bonds is 5. The van der Waals surface area contributed by atoms with Gasteiger partial charge in [0.05, 0.1) is 10.6 Å². The zero-order valence-electron chi connectivity index (χ0n) is 12.0. The Morgan fingerprint density at radius 3 is 2.80 bits per heavy atom. The number of nitrogens with zero attached hydrogens (tertiary/aromatic N) is 1. The maximum absolute atomic E-state index is 12.2. The van der Waals surface area contributed by atoms with E-state index >= 15 is 0 Å². The number of halogens is 1. The summed E-state index contributed by atoms with van der Waals surface area (Å²) in [5, 5.41) is 13.8. The fourth-order valence-corrected chi connectivity index (χ4v) is 3.03. The molecular weight excluding hydrogens is 276 g/mol. The molecule has 5 heteroatoms. The Morgan fingerprint density at radius 1 is 1.45 bits per heavy atom. The molecule has 0 bridgehead atoms. The van der Waals surface area contributed by atoms with Crippen LogP contribution in [0.4, 0.5) is 0 Å². The van der Waals surface area contributed by atoms with Crippen LogP contribution in [0, 0.1) is 0 Å². The van der Waals surface area contributed by atoms with Crippen molar-refractivity contribution in [1.29, 1.82) is 0 Å². The quantitative estimate of drug-likeness (QED) is 0.878. The summed E-state index contributed by atoms with van der Waals surface area (Å²) in [4.78, 5) is 12.2. The Balaban J connectivity index is 1.97. The highest BCUT2D eigenvalue weighted by molar-refractivity contribution is 6.31. The van der Waals surface area contributed by atoms with Crippen molar-refractivity contribution in [3.63, 3.8) is 0 Å². The molecule has 2 N–H and O–H groups in total. The van der Waals surface area contributed by atoms with Gasteiger partial charge in [-0.1, -0.05) is 37.8 Å². The van der Waals surface area contributed by atoms with Crippen molar-refractivity contribution < 1.29 is 9.90 Å². The highest BCUT2D eigenvalue weighted by atomic mass is 35.5. The zero-order chi connectivity index (χ0) is 14.6. The monoisotopic (exact) mass is 298 g/mol. The number of amides is 1. The van der Waals surface area contributed by atoms with Gasteiger partial charge in [-0.05, 0) is 25.3 Å². The highest BCUT2D eigenvalue weighted by Gasteiger charge is 2.29. The summed E-state index contributed by atoms with van der Waals surface area (Å²) in [5.41, 5.74) is -0.170. The summed E-state index contributed by atoms with van der Waals surface area (Å²) in [6, 6.07) is 1.68. The van der Waals surface area contributed by atoms with Gasteiger partial charge in [0.2, 0.25) is 0 Å². The topological polar surface area (TPSA) is 54.3 Å². The number of carbonyl (C=O) groups excluding carboxylic acids is 1. The maximum Gasteiger partial charge on any atom is 0.268 e. The van der Waals surface area contributed by atoms with E-state index in [4.69, 9.17) is 11.6 Å². The summed E-state index contributed by atoms with van der Waals surface area (Å²) in [6.45, 7) is 3.14. The van der Waals surface area contributed by atoms with Crippen LogP contribution in [-0.2, 0) is 6.54 Å². The molecule has 1 saturated carbocycles. The zero-order valence-corrected chi connectivity index (χ0v) is 12.7. The predicted octanol–water partition coefficient (Wildman–Crippen LogP) is 2.98. The molecule has 1 aromatic rings. The second kappa shape index (κ2) is 6.64. The molecule has 4 nitrogen and oxygen atoms in total. The second-order valence-corrected chi connectivity index (χ2v) is 6.14. The van der Waals surface area contributed by atoms with Crippen molar-refractivity contribution in [2.24, 2.45) is 0 Å². The van der Waals surface area contributed by atoms with Crippen molar-refractivity contribution in [2.45, 2.75) is 57.6 Å². The first kappa shape index (κ1) is 15.4. The molecule has 1 aromatic heterocycles. The molecule has 0 unspecified atom stereocenters. The number of carbonyl (C=O) groups is 1. The Bertz CT molecular complexity index is 464. The van der Waals surface area contributed by atoms with E-state index in [2.05, 4.69) is 12.2 Å². The standard InChI is InChI=1S/C15H23ClN2O2/c1-2-8-18-10-12(16)9-13(18)14(19)17-11-15(20)6-4-3-5-7-15/h9-10,20H,2-8,11H2,1H3,(H,17,19). The molecule has 0 radical (unpaired) electrons. The first-order chi connectivity index (χ1) is 9.54. The minimum Gasteiger partial charge on any atom is -0.388 e. The average molecular weight is 299 g/mol. The Labute approximate surface area is 125 Å². The fourth-order valence-electron chi connectivity index (χ4n) is 2.81. The number of hydrogen-bond acceptors (Lipinski definition) is 2. The van der Waals surface area contributed by atoms with Crippen LogP contribution in [0.2, 0.25) is 5.02 Å². The van der Waals surface area contributed by atoms with Crippen molar-refractivity contribution in [1.82, 2.24) is 9.88 Å². The molecule has 1 amide bonds. The van der Waals surface area contributed by atoms with Gasteiger partial charge in [-0.2, -0.15) is 0 Å². The first-order valence-corrected chi connectivity index (χ1v) is 7.78. The lowest BCUT2D eigenvalue weighted by molar-refractivity contribution is 0.00517. The van der Waals surface area contributed by atoms with Crippen LogP contribution in [0.3, 0.4) is 0 Å². The molecule has 1 aliphatic rings. The number of aromatic nitrogens is 1. The summed E-state index contributed by atoms with van der Waals surface area (Å²) in [6.07, 6.45) is 7.48. The molecule has 0 atom stereocenters. The molecule has 0 saturated heterocycles. The number of aryl methyl sites for hydroxylation is 1. The predicted molar refractivity (Wildman–Crippen MR) is 80.1 cm³/mol. The number of aliphatic hydroxyl groups is 1. The lowest BCUT2D eigenvalue weighted by atomic mass is 9.85. The van der Waals surface area contributed by atoms with Crippen LogP contribution in [0.1, 0.15) is 55.9 Å². The van der Waals surface area contributed by atoms with E-state index in [0.717, 1.165) is 38.6 Å². The molecule has 20 heavy (non-hydrogen) atoms. The maximum atomic E-state index is 12.2.